The lowest BCUT2D eigenvalue weighted by Crippen LogP contribution is -2.32. The number of nitrogens with one attached hydrogen (secondary N) is 1. The molecule has 0 radical (unpaired) electrons. The Bertz CT molecular complexity index is 1310. The van der Waals surface area contributed by atoms with E-state index in [1.807, 2.05) is 60.9 Å². The number of nitrogens with zero attached hydrogens (tertiary/aromatic N) is 3. The highest BCUT2D eigenvalue weighted by molar-refractivity contribution is 6.10. The van der Waals surface area contributed by atoms with E-state index in [9.17, 15) is 4.79 Å². The molecule has 8 heteroatoms. The Morgan fingerprint density at radius 3 is 2.45 bits per heavy atom. The first-order valence-corrected chi connectivity index (χ1v) is 11.0. The van der Waals surface area contributed by atoms with Crippen molar-refractivity contribution < 1.29 is 14.3 Å². The van der Waals surface area contributed by atoms with Crippen LogP contribution in [0.1, 0.15) is 36.2 Å². The van der Waals surface area contributed by atoms with E-state index in [4.69, 9.17) is 25.2 Å². The lowest BCUT2D eigenvalue weighted by Gasteiger charge is -2.12. The number of carbonyl (C=O) groups excluding carboxylic acids is 1. The summed E-state index contributed by atoms with van der Waals surface area (Å²) in [5.41, 5.74) is 10.5. The lowest BCUT2D eigenvalue weighted by atomic mass is 10.1. The fourth-order valence-electron chi connectivity index (χ4n) is 3.84. The van der Waals surface area contributed by atoms with Crippen molar-refractivity contribution in [3.8, 4) is 11.5 Å². The second-order valence-electron chi connectivity index (χ2n) is 8.02. The smallest absolute Gasteiger partial charge is 0.257 e. The molecule has 0 saturated carbocycles. The minimum atomic E-state index is -0.235. The van der Waals surface area contributed by atoms with Crippen LogP contribution >= 0.6 is 0 Å². The highest BCUT2D eigenvalue weighted by Crippen LogP contribution is 2.30. The predicted molar refractivity (Wildman–Crippen MR) is 130 cm³/mol. The van der Waals surface area contributed by atoms with Crippen LogP contribution in [-0.2, 0) is 13.0 Å². The summed E-state index contributed by atoms with van der Waals surface area (Å²) in [6.07, 6.45) is 1.48. The quantitative estimate of drug-likeness (QED) is 0.424. The lowest BCUT2D eigenvalue weighted by molar-refractivity contribution is 0.0941. The Labute approximate surface area is 192 Å². The van der Waals surface area contributed by atoms with Gasteiger partial charge in [-0.05, 0) is 49.6 Å². The third-order valence-corrected chi connectivity index (χ3v) is 5.88. The normalized spacial score (nSPS) is 12.1. The van der Waals surface area contributed by atoms with Crippen LogP contribution in [0.4, 0.5) is 5.82 Å². The van der Waals surface area contributed by atoms with E-state index in [1.165, 1.54) is 0 Å². The predicted octanol–water partition coefficient (Wildman–Crippen LogP) is 3.95. The number of aromatic nitrogens is 3. The number of fused-ring (bicyclic) bond motifs is 2. The van der Waals surface area contributed by atoms with Gasteiger partial charge in [0.15, 0.2) is 17.1 Å². The van der Waals surface area contributed by atoms with Crippen LogP contribution in [0.5, 0.6) is 11.5 Å². The van der Waals surface area contributed by atoms with Crippen LogP contribution in [0.3, 0.4) is 0 Å². The van der Waals surface area contributed by atoms with Gasteiger partial charge in [0.1, 0.15) is 16.9 Å². The molecule has 0 unspecified atom stereocenters. The number of nitrogens with two attached hydrogens (primary N) is 1. The number of methoxy groups -OCH3 is 2. The van der Waals surface area contributed by atoms with Crippen molar-refractivity contribution in [2.75, 3.05) is 20.0 Å². The Morgan fingerprint density at radius 1 is 1.09 bits per heavy atom. The maximum atomic E-state index is 13.1. The number of amides is 1. The van der Waals surface area contributed by atoms with Gasteiger partial charge in [-0.1, -0.05) is 25.1 Å². The molecule has 4 aromatic rings. The summed E-state index contributed by atoms with van der Waals surface area (Å²) in [5, 5.41) is 3.01. The third kappa shape index (κ3) is 4.28. The van der Waals surface area contributed by atoms with Crippen LogP contribution in [0.25, 0.3) is 22.2 Å². The Kier molecular flexibility index (Phi) is 6.35. The molecular weight excluding hydrogens is 418 g/mol. The number of hydrogen-bond acceptors (Lipinski definition) is 6. The minimum Gasteiger partial charge on any atom is -0.493 e. The van der Waals surface area contributed by atoms with Gasteiger partial charge in [0.05, 0.1) is 25.3 Å². The standard InChI is InChI=1S/C25H29N5O3/c1-5-15(2)27-25(31)21-22-24(29-18-9-7-6-8-17(18)28-22)30(23(21)26)13-12-16-10-11-19(32-3)20(14-16)33-4/h6-11,14-15H,5,12-13,26H2,1-4H3,(H,27,31)/t15-/m1/s1. The largest absolute Gasteiger partial charge is 0.493 e. The maximum absolute atomic E-state index is 13.1. The van der Waals surface area contributed by atoms with Crippen LogP contribution in [0, 0.1) is 0 Å². The van der Waals surface area contributed by atoms with Crippen molar-refractivity contribution in [1.29, 1.82) is 0 Å². The van der Waals surface area contributed by atoms with Crippen LogP contribution in [-0.4, -0.2) is 40.7 Å². The van der Waals surface area contributed by atoms with Crippen molar-refractivity contribution in [3.05, 3.63) is 53.6 Å². The Morgan fingerprint density at radius 2 is 1.79 bits per heavy atom. The van der Waals surface area contributed by atoms with Crippen molar-refractivity contribution >= 4 is 33.9 Å². The molecule has 0 bridgehead atoms. The van der Waals surface area contributed by atoms with E-state index in [2.05, 4.69) is 5.32 Å². The molecule has 4 rings (SSSR count). The molecule has 33 heavy (non-hydrogen) atoms. The number of carbonyl (C=O) groups is 1. The van der Waals surface area contributed by atoms with Crippen LogP contribution in [0.2, 0.25) is 0 Å². The van der Waals surface area contributed by atoms with Gasteiger partial charge in [-0.2, -0.15) is 0 Å². The number of ether oxygens (including phenoxy) is 2. The zero-order chi connectivity index (χ0) is 23.5. The number of aryl methyl sites for hydroxylation is 2. The fourth-order valence-corrected chi connectivity index (χ4v) is 3.84. The van der Waals surface area contributed by atoms with E-state index in [1.54, 1.807) is 14.2 Å². The molecule has 2 heterocycles. The Balaban J connectivity index is 1.77. The van der Waals surface area contributed by atoms with Gasteiger partial charge in [0.25, 0.3) is 5.91 Å². The second-order valence-corrected chi connectivity index (χ2v) is 8.02. The fraction of sp³-hybridized carbons (Fsp3) is 0.320. The van der Waals surface area contributed by atoms with E-state index >= 15 is 0 Å². The zero-order valence-electron chi connectivity index (χ0n) is 19.4. The SMILES string of the molecule is CC[C@@H](C)NC(=O)c1c(N)n(CCc2ccc(OC)c(OC)c2)c2nc3ccccc3nc12. The first kappa shape index (κ1) is 22.4. The van der Waals surface area contributed by atoms with Gasteiger partial charge in [0.2, 0.25) is 0 Å². The van der Waals surface area contributed by atoms with E-state index < -0.39 is 0 Å². The molecule has 0 spiro atoms. The molecule has 2 aromatic heterocycles. The summed E-state index contributed by atoms with van der Waals surface area (Å²) >= 11 is 0. The molecule has 1 amide bonds. The van der Waals surface area contributed by atoms with Gasteiger partial charge < -0.3 is 25.1 Å². The van der Waals surface area contributed by atoms with Crippen LogP contribution < -0.4 is 20.5 Å². The van der Waals surface area contributed by atoms with E-state index in [0.717, 1.165) is 23.0 Å². The van der Waals surface area contributed by atoms with Crippen molar-refractivity contribution in [1.82, 2.24) is 19.9 Å². The first-order valence-electron chi connectivity index (χ1n) is 11.0. The molecule has 0 fully saturated rings. The van der Waals surface area contributed by atoms with Gasteiger partial charge in [0, 0.05) is 12.6 Å². The average Bonchev–Trinajstić information content (AvgIpc) is 3.10. The number of para-hydroxylation sites is 2. The summed E-state index contributed by atoms with van der Waals surface area (Å²) in [5.74, 6) is 1.47. The number of rotatable bonds is 8. The van der Waals surface area contributed by atoms with E-state index in [0.29, 0.717) is 47.0 Å². The highest BCUT2D eigenvalue weighted by Gasteiger charge is 2.24. The van der Waals surface area contributed by atoms with Crippen molar-refractivity contribution in [2.24, 2.45) is 0 Å². The number of nitrogen functional groups attached to an aromatic ring is 1. The average molecular weight is 448 g/mol. The zero-order valence-corrected chi connectivity index (χ0v) is 19.4. The molecule has 0 aliphatic heterocycles. The second kappa shape index (κ2) is 9.36. The summed E-state index contributed by atoms with van der Waals surface area (Å²) in [6.45, 7) is 4.51. The van der Waals surface area contributed by atoms with Gasteiger partial charge in [-0.25, -0.2) is 9.97 Å². The minimum absolute atomic E-state index is 0.0236. The molecule has 2 aromatic carbocycles. The third-order valence-electron chi connectivity index (χ3n) is 5.88. The first-order chi connectivity index (χ1) is 16.0. The topological polar surface area (TPSA) is 104 Å². The molecule has 8 nitrogen and oxygen atoms in total. The molecular formula is C25H29N5O3. The van der Waals surface area contributed by atoms with E-state index in [-0.39, 0.29) is 11.9 Å². The molecule has 0 aliphatic carbocycles. The Hall–Kier alpha value is -3.81. The monoisotopic (exact) mass is 447 g/mol. The molecule has 0 saturated heterocycles. The summed E-state index contributed by atoms with van der Waals surface area (Å²) in [6, 6.07) is 13.4. The summed E-state index contributed by atoms with van der Waals surface area (Å²) in [4.78, 5) is 22.7. The van der Waals surface area contributed by atoms with Crippen molar-refractivity contribution in [3.63, 3.8) is 0 Å². The summed E-state index contributed by atoms with van der Waals surface area (Å²) in [7, 11) is 3.22. The van der Waals surface area contributed by atoms with Crippen molar-refractivity contribution in [2.45, 2.75) is 39.3 Å². The molecule has 1 atom stereocenters. The van der Waals surface area contributed by atoms with Crippen LogP contribution in [0.15, 0.2) is 42.5 Å². The highest BCUT2D eigenvalue weighted by atomic mass is 16.5. The maximum Gasteiger partial charge on any atom is 0.257 e. The van der Waals surface area contributed by atoms with Gasteiger partial charge >= 0.3 is 0 Å². The molecule has 0 aliphatic rings. The summed E-state index contributed by atoms with van der Waals surface area (Å²) < 4.78 is 12.6. The molecule has 3 N–H and O–H groups in total. The number of benzene rings is 2. The molecule has 172 valence electrons. The number of hydrogen-bond donors (Lipinski definition) is 2. The van der Waals surface area contributed by atoms with Gasteiger partial charge in [-0.3, -0.25) is 4.79 Å². The number of anilines is 1. The van der Waals surface area contributed by atoms with Gasteiger partial charge in [-0.15, -0.1) is 0 Å².